The van der Waals surface area contributed by atoms with Crippen molar-refractivity contribution in [3.63, 3.8) is 0 Å². The van der Waals surface area contributed by atoms with Crippen LogP contribution in [0.4, 0.5) is 0 Å². The number of hydrogen-bond donors (Lipinski definition) is 1. The van der Waals surface area contributed by atoms with Crippen molar-refractivity contribution in [1.82, 2.24) is 0 Å². The summed E-state index contributed by atoms with van der Waals surface area (Å²) in [6.45, 7) is 8.61. The molecule has 2 nitrogen and oxygen atoms in total. The zero-order valence-corrected chi connectivity index (χ0v) is 10.7. The van der Waals surface area contributed by atoms with Crippen LogP contribution in [-0.4, -0.2) is 17.8 Å². The van der Waals surface area contributed by atoms with Gasteiger partial charge in [0.25, 0.3) is 0 Å². The fourth-order valence-electron chi connectivity index (χ4n) is 1.89. The van der Waals surface area contributed by atoms with E-state index in [-0.39, 0.29) is 18.6 Å². The third-order valence-electron chi connectivity index (χ3n) is 2.88. The molecule has 0 saturated heterocycles. The summed E-state index contributed by atoms with van der Waals surface area (Å²) in [5.41, 5.74) is 1.15. The lowest BCUT2D eigenvalue weighted by atomic mass is 9.94. The van der Waals surface area contributed by atoms with E-state index in [1.807, 2.05) is 30.3 Å². The molecule has 1 N–H and O–H groups in total. The van der Waals surface area contributed by atoms with Gasteiger partial charge in [0.2, 0.25) is 0 Å². The number of benzene rings is 1. The first-order valence-electron chi connectivity index (χ1n) is 6.08. The number of rotatable bonds is 7. The number of ether oxygens (including phenoxy) is 1. The number of aliphatic hydroxyl groups excluding tert-OH is 1. The zero-order chi connectivity index (χ0) is 12.7. The van der Waals surface area contributed by atoms with Gasteiger partial charge in [-0.1, -0.05) is 50.3 Å². The van der Waals surface area contributed by atoms with E-state index in [0.717, 1.165) is 5.56 Å². The summed E-state index contributed by atoms with van der Waals surface area (Å²) in [6, 6.07) is 10.1. The highest BCUT2D eigenvalue weighted by Crippen LogP contribution is 2.19. The molecule has 0 radical (unpaired) electrons. The van der Waals surface area contributed by atoms with E-state index in [0.29, 0.717) is 12.5 Å². The third-order valence-corrected chi connectivity index (χ3v) is 2.88. The molecule has 1 aromatic carbocycles. The van der Waals surface area contributed by atoms with Crippen LogP contribution in [0.5, 0.6) is 0 Å². The van der Waals surface area contributed by atoms with Crippen molar-refractivity contribution in [2.75, 3.05) is 6.61 Å². The molecule has 0 aliphatic rings. The van der Waals surface area contributed by atoms with Gasteiger partial charge in [-0.3, -0.25) is 0 Å². The van der Waals surface area contributed by atoms with Crippen molar-refractivity contribution >= 4 is 0 Å². The summed E-state index contributed by atoms with van der Waals surface area (Å²) < 4.78 is 5.90. The Kier molecular flexibility index (Phi) is 5.95. The molecule has 0 saturated carbocycles. The van der Waals surface area contributed by atoms with Crippen LogP contribution in [0.3, 0.4) is 0 Å². The summed E-state index contributed by atoms with van der Waals surface area (Å²) in [5, 5.41) is 9.29. The molecule has 0 spiro atoms. The molecule has 0 aliphatic carbocycles. The van der Waals surface area contributed by atoms with Gasteiger partial charge in [0.1, 0.15) is 0 Å². The Bertz CT molecular complexity index is 319. The average Bonchev–Trinajstić information content (AvgIpc) is 2.35. The smallest absolute Gasteiger partial charge is 0.0721 e. The van der Waals surface area contributed by atoms with Crippen LogP contribution < -0.4 is 0 Å². The molecular formula is C15H22O2. The van der Waals surface area contributed by atoms with E-state index in [1.54, 1.807) is 6.08 Å². The van der Waals surface area contributed by atoms with Gasteiger partial charge in [0.15, 0.2) is 0 Å². The minimum atomic E-state index is -0.00119. The predicted octanol–water partition coefficient (Wildman–Crippen LogP) is 3.02. The summed E-state index contributed by atoms with van der Waals surface area (Å²) in [7, 11) is 0. The Labute approximate surface area is 104 Å². The molecule has 0 heterocycles. The first kappa shape index (κ1) is 13.9. The Balaban J connectivity index is 2.59. The number of aliphatic hydroxyl groups is 1. The van der Waals surface area contributed by atoms with Crippen molar-refractivity contribution in [2.24, 2.45) is 11.8 Å². The molecule has 2 atom stereocenters. The molecule has 0 fully saturated rings. The van der Waals surface area contributed by atoms with E-state index >= 15 is 0 Å². The molecule has 0 amide bonds. The molecule has 1 rings (SSSR count). The molecule has 0 aliphatic heterocycles. The van der Waals surface area contributed by atoms with E-state index in [1.165, 1.54) is 0 Å². The third kappa shape index (κ3) is 4.33. The minimum absolute atomic E-state index is 0.00119. The summed E-state index contributed by atoms with van der Waals surface area (Å²) in [6.07, 6.45) is 1.79. The first-order valence-corrected chi connectivity index (χ1v) is 6.08. The van der Waals surface area contributed by atoms with Gasteiger partial charge in [-0.2, -0.15) is 0 Å². The highest BCUT2D eigenvalue weighted by atomic mass is 16.5. The Morgan fingerprint density at radius 1 is 1.29 bits per heavy atom. The van der Waals surface area contributed by atoms with E-state index in [9.17, 15) is 5.11 Å². The van der Waals surface area contributed by atoms with Crippen LogP contribution in [0, 0.1) is 11.8 Å². The SMILES string of the molecule is C=C[C@@H](CO)[C@H](OCc1ccccc1)C(C)C. The van der Waals surface area contributed by atoms with Gasteiger partial charge < -0.3 is 9.84 Å². The lowest BCUT2D eigenvalue weighted by Gasteiger charge is -2.27. The fourth-order valence-corrected chi connectivity index (χ4v) is 1.89. The van der Waals surface area contributed by atoms with Crippen LogP contribution in [0.15, 0.2) is 43.0 Å². The Hall–Kier alpha value is -1.12. The fraction of sp³-hybridized carbons (Fsp3) is 0.467. The Morgan fingerprint density at radius 2 is 1.94 bits per heavy atom. The summed E-state index contributed by atoms with van der Waals surface area (Å²) in [4.78, 5) is 0. The second-order valence-corrected chi connectivity index (χ2v) is 4.59. The normalized spacial score (nSPS) is 14.6. The second-order valence-electron chi connectivity index (χ2n) is 4.59. The molecule has 0 bridgehead atoms. The first-order chi connectivity index (χ1) is 8.19. The van der Waals surface area contributed by atoms with Crippen molar-refractivity contribution in [1.29, 1.82) is 0 Å². The van der Waals surface area contributed by atoms with Crippen molar-refractivity contribution < 1.29 is 9.84 Å². The predicted molar refractivity (Wildman–Crippen MR) is 70.6 cm³/mol. The summed E-state index contributed by atoms with van der Waals surface area (Å²) >= 11 is 0. The Morgan fingerprint density at radius 3 is 2.41 bits per heavy atom. The van der Waals surface area contributed by atoms with Gasteiger partial charge in [-0.25, -0.2) is 0 Å². The molecule has 94 valence electrons. The van der Waals surface area contributed by atoms with Crippen LogP contribution in [0.2, 0.25) is 0 Å². The average molecular weight is 234 g/mol. The standard InChI is InChI=1S/C15H22O2/c1-4-14(10-16)15(12(2)3)17-11-13-8-6-5-7-9-13/h4-9,12,14-16H,1,10-11H2,2-3H3/t14-,15+/m0/s1. The molecule has 1 aromatic rings. The van der Waals surface area contributed by atoms with E-state index < -0.39 is 0 Å². The largest absolute Gasteiger partial charge is 0.396 e. The van der Waals surface area contributed by atoms with Gasteiger partial charge in [-0.15, -0.1) is 6.58 Å². The lowest BCUT2D eigenvalue weighted by Crippen LogP contribution is -2.30. The van der Waals surface area contributed by atoms with Crippen LogP contribution in [0.1, 0.15) is 19.4 Å². The maximum absolute atomic E-state index is 9.29. The molecular weight excluding hydrogens is 212 g/mol. The quantitative estimate of drug-likeness (QED) is 0.735. The topological polar surface area (TPSA) is 29.5 Å². The van der Waals surface area contributed by atoms with Crippen LogP contribution in [0.25, 0.3) is 0 Å². The maximum atomic E-state index is 9.29. The monoisotopic (exact) mass is 234 g/mol. The zero-order valence-electron chi connectivity index (χ0n) is 10.7. The molecule has 2 heteroatoms. The maximum Gasteiger partial charge on any atom is 0.0721 e. The van der Waals surface area contributed by atoms with Crippen molar-refractivity contribution in [3.05, 3.63) is 48.6 Å². The molecule has 0 aromatic heterocycles. The molecule has 0 unspecified atom stereocenters. The van der Waals surface area contributed by atoms with Crippen molar-refractivity contribution in [3.8, 4) is 0 Å². The van der Waals surface area contributed by atoms with Gasteiger partial charge >= 0.3 is 0 Å². The van der Waals surface area contributed by atoms with Crippen molar-refractivity contribution in [2.45, 2.75) is 26.6 Å². The minimum Gasteiger partial charge on any atom is -0.396 e. The summed E-state index contributed by atoms with van der Waals surface area (Å²) in [5.74, 6) is 0.354. The van der Waals surface area contributed by atoms with Gasteiger partial charge in [0.05, 0.1) is 19.3 Å². The van der Waals surface area contributed by atoms with Gasteiger partial charge in [0, 0.05) is 5.92 Å². The lowest BCUT2D eigenvalue weighted by molar-refractivity contribution is -0.0286. The van der Waals surface area contributed by atoms with E-state index in [2.05, 4.69) is 20.4 Å². The number of hydrogen-bond acceptors (Lipinski definition) is 2. The van der Waals surface area contributed by atoms with Crippen LogP contribution >= 0.6 is 0 Å². The van der Waals surface area contributed by atoms with Crippen LogP contribution in [-0.2, 0) is 11.3 Å². The van der Waals surface area contributed by atoms with Gasteiger partial charge in [-0.05, 0) is 11.5 Å². The molecule has 17 heavy (non-hydrogen) atoms. The highest BCUT2D eigenvalue weighted by molar-refractivity contribution is 5.13. The second kappa shape index (κ2) is 7.25. The highest BCUT2D eigenvalue weighted by Gasteiger charge is 2.22. The van der Waals surface area contributed by atoms with E-state index in [4.69, 9.17) is 4.74 Å².